The highest BCUT2D eigenvalue weighted by Crippen LogP contribution is 2.31. The molecule has 7 nitrogen and oxygen atoms in total. The summed E-state index contributed by atoms with van der Waals surface area (Å²) in [7, 11) is 1.76. The van der Waals surface area contributed by atoms with E-state index in [4.69, 9.17) is 14.6 Å². The lowest BCUT2D eigenvalue weighted by Gasteiger charge is -2.33. The standard InChI is InChI=1S/C28H35N3O4S.ClH/c1-34-19-5-3-2-4-6-20-35-25-15-17-31(18-16-25)24-13-11-22(12-14-24)27-30-29-26(36-27)21-7-9-23(10-8-21)28(32)33;/h7-14,25H,2-6,15-20H2,1H3,(H,32,33);1H. The highest BCUT2D eigenvalue weighted by molar-refractivity contribution is 7.17. The smallest absolute Gasteiger partial charge is 0.335 e. The van der Waals surface area contributed by atoms with Crippen molar-refractivity contribution in [2.75, 3.05) is 38.3 Å². The van der Waals surface area contributed by atoms with Gasteiger partial charge >= 0.3 is 5.97 Å². The topological polar surface area (TPSA) is 84.8 Å². The van der Waals surface area contributed by atoms with Gasteiger partial charge in [0.2, 0.25) is 0 Å². The van der Waals surface area contributed by atoms with E-state index in [1.807, 2.05) is 0 Å². The van der Waals surface area contributed by atoms with Crippen molar-refractivity contribution in [2.45, 2.75) is 51.0 Å². The number of carboxylic acids is 1. The summed E-state index contributed by atoms with van der Waals surface area (Å²) >= 11 is 1.51. The third kappa shape index (κ3) is 8.50. The lowest BCUT2D eigenvalue weighted by molar-refractivity contribution is 0.0347. The number of nitrogens with zero attached hydrogens (tertiary/aromatic N) is 3. The van der Waals surface area contributed by atoms with Gasteiger partial charge in [-0.1, -0.05) is 42.7 Å². The molecule has 0 amide bonds. The molecule has 0 saturated carbocycles. The lowest BCUT2D eigenvalue weighted by atomic mass is 10.1. The number of unbranched alkanes of at least 4 members (excludes halogenated alkanes) is 4. The minimum Gasteiger partial charge on any atom is -0.478 e. The fourth-order valence-corrected chi connectivity index (χ4v) is 5.29. The van der Waals surface area contributed by atoms with Crippen LogP contribution < -0.4 is 4.90 Å². The first kappa shape index (κ1) is 29.0. The summed E-state index contributed by atoms with van der Waals surface area (Å²) in [6, 6.07) is 15.2. The van der Waals surface area contributed by atoms with Crippen LogP contribution >= 0.6 is 23.7 Å². The van der Waals surface area contributed by atoms with Crippen molar-refractivity contribution >= 4 is 35.4 Å². The van der Waals surface area contributed by atoms with Crippen LogP contribution in [0.5, 0.6) is 0 Å². The largest absolute Gasteiger partial charge is 0.478 e. The number of ether oxygens (including phenoxy) is 2. The van der Waals surface area contributed by atoms with E-state index < -0.39 is 5.97 Å². The average Bonchev–Trinajstić information content (AvgIpc) is 3.41. The second-order valence-corrected chi connectivity index (χ2v) is 10.1. The van der Waals surface area contributed by atoms with Crippen molar-refractivity contribution in [3.05, 3.63) is 54.1 Å². The zero-order chi connectivity index (χ0) is 25.2. The number of aromatic carboxylic acids is 1. The fraction of sp³-hybridized carbons (Fsp3) is 0.464. The summed E-state index contributed by atoms with van der Waals surface area (Å²) < 4.78 is 11.2. The quantitative estimate of drug-likeness (QED) is 0.243. The lowest BCUT2D eigenvalue weighted by Crippen LogP contribution is -2.37. The number of carbonyl (C=O) groups is 1. The van der Waals surface area contributed by atoms with Crippen LogP contribution in [0.4, 0.5) is 5.69 Å². The van der Waals surface area contributed by atoms with E-state index >= 15 is 0 Å². The molecule has 0 radical (unpaired) electrons. The maximum Gasteiger partial charge on any atom is 0.335 e. The van der Waals surface area contributed by atoms with Crippen molar-refractivity contribution in [2.24, 2.45) is 0 Å². The normalized spacial score (nSPS) is 13.9. The van der Waals surface area contributed by atoms with Crippen molar-refractivity contribution in [3.8, 4) is 21.1 Å². The van der Waals surface area contributed by atoms with Gasteiger partial charge in [-0.2, -0.15) is 0 Å². The minimum absolute atomic E-state index is 0. The molecule has 0 atom stereocenters. The number of methoxy groups -OCH3 is 1. The van der Waals surface area contributed by atoms with Crippen molar-refractivity contribution < 1.29 is 19.4 Å². The molecule has 37 heavy (non-hydrogen) atoms. The first-order valence-electron chi connectivity index (χ1n) is 12.8. The van der Waals surface area contributed by atoms with Gasteiger partial charge in [-0.15, -0.1) is 22.6 Å². The van der Waals surface area contributed by atoms with Gasteiger partial charge in [-0.25, -0.2) is 4.79 Å². The zero-order valence-electron chi connectivity index (χ0n) is 21.3. The molecule has 1 aromatic heterocycles. The van der Waals surface area contributed by atoms with Crippen molar-refractivity contribution in [3.63, 3.8) is 0 Å². The van der Waals surface area contributed by atoms with E-state index in [2.05, 4.69) is 39.4 Å². The second kappa shape index (κ2) is 15.0. The summed E-state index contributed by atoms with van der Waals surface area (Å²) in [5, 5.41) is 19.4. The molecule has 200 valence electrons. The van der Waals surface area contributed by atoms with Crippen LogP contribution in [0, 0.1) is 0 Å². The summed E-state index contributed by atoms with van der Waals surface area (Å²) in [4.78, 5) is 13.5. The van der Waals surface area contributed by atoms with Gasteiger partial charge in [0.25, 0.3) is 0 Å². The van der Waals surface area contributed by atoms with Gasteiger partial charge in [-0.3, -0.25) is 0 Å². The number of benzene rings is 2. The molecule has 1 saturated heterocycles. The van der Waals surface area contributed by atoms with E-state index in [-0.39, 0.29) is 18.0 Å². The van der Waals surface area contributed by atoms with E-state index in [1.54, 1.807) is 31.4 Å². The minimum atomic E-state index is -0.934. The van der Waals surface area contributed by atoms with Crippen LogP contribution in [0.2, 0.25) is 0 Å². The molecule has 1 N–H and O–H groups in total. The molecule has 1 aliphatic heterocycles. The Morgan fingerprint density at radius 2 is 1.43 bits per heavy atom. The zero-order valence-corrected chi connectivity index (χ0v) is 22.9. The van der Waals surface area contributed by atoms with Crippen molar-refractivity contribution in [1.82, 2.24) is 10.2 Å². The van der Waals surface area contributed by atoms with Crippen LogP contribution in [-0.2, 0) is 9.47 Å². The van der Waals surface area contributed by atoms with Crippen LogP contribution in [0.3, 0.4) is 0 Å². The predicted octanol–water partition coefficient (Wildman–Crippen LogP) is 6.57. The van der Waals surface area contributed by atoms with Gasteiger partial charge < -0.3 is 19.5 Å². The monoisotopic (exact) mass is 545 g/mol. The van der Waals surface area contributed by atoms with Gasteiger partial charge in [0.05, 0.1) is 11.7 Å². The molecular formula is C28H36ClN3O4S. The number of hydrogen-bond acceptors (Lipinski definition) is 7. The fourth-order valence-electron chi connectivity index (χ4n) is 4.44. The SMILES string of the molecule is COCCCCCCCOC1CCN(c2ccc(-c3nnc(-c4ccc(C(=O)O)cc4)s3)cc2)CC1.Cl. The van der Waals surface area contributed by atoms with Crippen LogP contribution in [0.25, 0.3) is 21.1 Å². The Balaban J connectivity index is 0.00000380. The summed E-state index contributed by atoms with van der Waals surface area (Å²) in [6.45, 7) is 3.76. The molecule has 1 aliphatic rings. The third-order valence-electron chi connectivity index (χ3n) is 6.57. The second-order valence-electron chi connectivity index (χ2n) is 9.16. The highest BCUT2D eigenvalue weighted by atomic mass is 35.5. The van der Waals surface area contributed by atoms with Gasteiger partial charge in [-0.05, 0) is 62.1 Å². The average molecular weight is 546 g/mol. The molecule has 0 bridgehead atoms. The predicted molar refractivity (Wildman–Crippen MR) is 151 cm³/mol. The van der Waals surface area contributed by atoms with Crippen LogP contribution in [0.15, 0.2) is 48.5 Å². The molecule has 2 aromatic carbocycles. The Morgan fingerprint density at radius 3 is 2.00 bits per heavy atom. The van der Waals surface area contributed by atoms with Crippen molar-refractivity contribution in [1.29, 1.82) is 0 Å². The maximum absolute atomic E-state index is 11.1. The maximum atomic E-state index is 11.1. The Morgan fingerprint density at radius 1 is 0.892 bits per heavy atom. The summed E-state index contributed by atoms with van der Waals surface area (Å²) in [5.41, 5.74) is 3.39. The third-order valence-corrected chi connectivity index (χ3v) is 7.59. The van der Waals surface area contributed by atoms with E-state index in [1.165, 1.54) is 36.3 Å². The number of hydrogen-bond donors (Lipinski definition) is 1. The van der Waals surface area contributed by atoms with Crippen LogP contribution in [-0.4, -0.2) is 60.8 Å². The number of halogens is 1. The molecule has 2 heterocycles. The number of aromatic nitrogens is 2. The number of carboxylic acid groups (broad SMARTS) is 1. The number of rotatable bonds is 13. The van der Waals surface area contributed by atoms with E-state index in [0.717, 1.165) is 73.1 Å². The molecule has 4 rings (SSSR count). The molecule has 0 spiro atoms. The molecule has 3 aromatic rings. The first-order chi connectivity index (χ1) is 17.6. The Labute approximate surface area is 229 Å². The van der Waals surface area contributed by atoms with Gasteiger partial charge in [0, 0.05) is 50.2 Å². The molecule has 1 fully saturated rings. The van der Waals surface area contributed by atoms with Crippen LogP contribution in [0.1, 0.15) is 55.3 Å². The highest BCUT2D eigenvalue weighted by Gasteiger charge is 2.20. The molecule has 9 heteroatoms. The summed E-state index contributed by atoms with van der Waals surface area (Å²) in [6.07, 6.45) is 8.55. The summed E-state index contributed by atoms with van der Waals surface area (Å²) in [5.74, 6) is -0.934. The number of anilines is 1. The van der Waals surface area contributed by atoms with Gasteiger partial charge in [0.15, 0.2) is 0 Å². The Kier molecular flexibility index (Phi) is 11.8. The Bertz CT molecular complexity index is 1080. The molecule has 0 aliphatic carbocycles. The van der Waals surface area contributed by atoms with Gasteiger partial charge in [0.1, 0.15) is 10.0 Å². The van der Waals surface area contributed by atoms with E-state index in [9.17, 15) is 4.79 Å². The first-order valence-corrected chi connectivity index (χ1v) is 13.6. The van der Waals surface area contributed by atoms with E-state index in [0.29, 0.717) is 6.10 Å². The number of piperidine rings is 1. The molecule has 0 unspecified atom stereocenters. The Hall–Kier alpha value is -2.52. The molecular weight excluding hydrogens is 510 g/mol.